The molecular weight excluding hydrogens is 184 g/mol. The van der Waals surface area contributed by atoms with Crippen molar-refractivity contribution in [3.8, 4) is 0 Å². The number of nitrogens with zero attached hydrogens (tertiary/aromatic N) is 2. The predicted molar refractivity (Wildman–Crippen MR) is 54.1 cm³/mol. The van der Waals surface area contributed by atoms with Gasteiger partial charge in [-0.15, -0.1) is 0 Å². The Hall–Kier alpha value is -0.420. The van der Waals surface area contributed by atoms with Gasteiger partial charge < -0.3 is 0 Å². The van der Waals surface area contributed by atoms with E-state index in [0.717, 1.165) is 17.5 Å². The molecule has 1 saturated carbocycles. The Morgan fingerprint density at radius 1 is 1.38 bits per heavy atom. The molecule has 0 radical (unpaired) electrons. The number of hydrazone groups is 1. The van der Waals surface area contributed by atoms with Gasteiger partial charge in [0.15, 0.2) is 5.17 Å². The molecule has 3 rings (SSSR count). The van der Waals surface area contributed by atoms with Crippen LogP contribution in [0.2, 0.25) is 0 Å². The van der Waals surface area contributed by atoms with E-state index in [1.165, 1.54) is 25.7 Å². The first-order valence-corrected chi connectivity index (χ1v) is 5.90. The lowest BCUT2D eigenvalue weighted by Crippen LogP contribution is -2.63. The van der Waals surface area contributed by atoms with E-state index in [1.807, 2.05) is 11.8 Å². The predicted octanol–water partition coefficient (Wildman–Crippen LogP) is 0.684. The molecule has 0 bridgehead atoms. The molecule has 2 heterocycles. The summed E-state index contributed by atoms with van der Waals surface area (Å²) in [6, 6.07) is 0. The van der Waals surface area contributed by atoms with Crippen molar-refractivity contribution >= 4 is 16.9 Å². The fraction of sp³-hybridized carbons (Fsp3) is 0.875. The first-order chi connectivity index (χ1) is 6.38. The summed E-state index contributed by atoms with van der Waals surface area (Å²) in [5.41, 5.74) is 6.93. The highest BCUT2D eigenvalue weighted by atomic mass is 32.2. The van der Waals surface area contributed by atoms with Crippen LogP contribution in [0.3, 0.4) is 0 Å². The highest BCUT2D eigenvalue weighted by molar-refractivity contribution is 8.14. The molecule has 4 nitrogen and oxygen atoms in total. The van der Waals surface area contributed by atoms with E-state index in [0.29, 0.717) is 0 Å². The van der Waals surface area contributed by atoms with E-state index in [-0.39, 0.29) is 5.66 Å². The minimum atomic E-state index is 0.0917. The smallest absolute Gasteiger partial charge is 0.197 e. The normalized spacial score (nSPS) is 30.2. The molecule has 2 N–H and O–H groups in total. The molecule has 72 valence electrons. The molecule has 3 aliphatic rings. The van der Waals surface area contributed by atoms with Crippen molar-refractivity contribution in [3.05, 3.63) is 0 Å². The molecule has 2 aliphatic heterocycles. The van der Waals surface area contributed by atoms with Gasteiger partial charge in [-0.25, -0.2) is 5.43 Å². The zero-order valence-corrected chi connectivity index (χ0v) is 8.36. The summed E-state index contributed by atoms with van der Waals surface area (Å²) in [5, 5.41) is 7.73. The van der Waals surface area contributed by atoms with E-state index in [2.05, 4.69) is 21.0 Å². The van der Waals surface area contributed by atoms with Crippen LogP contribution in [0.5, 0.6) is 0 Å². The van der Waals surface area contributed by atoms with Gasteiger partial charge in [0.05, 0.1) is 0 Å². The average molecular weight is 198 g/mol. The Bertz CT molecular complexity index is 247. The molecule has 0 aromatic heterocycles. The Morgan fingerprint density at radius 2 is 2.23 bits per heavy atom. The molecule has 0 aromatic carbocycles. The molecule has 0 atom stereocenters. The van der Waals surface area contributed by atoms with Gasteiger partial charge >= 0.3 is 0 Å². The molecule has 13 heavy (non-hydrogen) atoms. The number of hydrogen-bond donors (Lipinski definition) is 2. The van der Waals surface area contributed by atoms with E-state index in [4.69, 9.17) is 0 Å². The van der Waals surface area contributed by atoms with Crippen LogP contribution in [0.15, 0.2) is 5.10 Å². The van der Waals surface area contributed by atoms with Gasteiger partial charge in [-0.05, 0) is 25.7 Å². The Morgan fingerprint density at radius 3 is 3.08 bits per heavy atom. The maximum Gasteiger partial charge on any atom is 0.197 e. The van der Waals surface area contributed by atoms with Crippen LogP contribution < -0.4 is 10.9 Å². The number of thioether (sulfide) groups is 1. The molecular formula is C8H14N4S. The lowest BCUT2D eigenvalue weighted by atomic mass is 10.1. The lowest BCUT2D eigenvalue weighted by Gasteiger charge is -2.38. The number of fused-ring (bicyclic) bond motifs is 1. The molecule has 0 amide bonds. The second kappa shape index (κ2) is 2.78. The molecule has 5 heteroatoms. The summed E-state index contributed by atoms with van der Waals surface area (Å²) >= 11 is 1.82. The van der Waals surface area contributed by atoms with Gasteiger partial charge in [0.25, 0.3) is 0 Å². The van der Waals surface area contributed by atoms with Gasteiger partial charge in [0.1, 0.15) is 5.66 Å². The summed E-state index contributed by atoms with van der Waals surface area (Å²) in [7, 11) is 0. The van der Waals surface area contributed by atoms with Crippen molar-refractivity contribution in [1.29, 1.82) is 0 Å². The average Bonchev–Trinajstić information content (AvgIpc) is 2.74. The Kier molecular flexibility index (Phi) is 1.70. The van der Waals surface area contributed by atoms with E-state index >= 15 is 0 Å². The standard InChI is InChI=1S/C8H14N4S/c1-2-4-8(3-1)10-9-7-12(11-8)5-6-13-7/h10-11H,1-6H2. The van der Waals surface area contributed by atoms with Crippen molar-refractivity contribution in [2.75, 3.05) is 12.3 Å². The fourth-order valence-electron chi connectivity index (χ4n) is 2.24. The monoisotopic (exact) mass is 198 g/mol. The minimum Gasteiger partial charge on any atom is -0.286 e. The number of amidine groups is 1. The molecule has 0 unspecified atom stereocenters. The lowest BCUT2D eigenvalue weighted by molar-refractivity contribution is 0.134. The molecule has 1 aliphatic carbocycles. The number of hydrazine groups is 1. The van der Waals surface area contributed by atoms with Gasteiger partial charge in [-0.1, -0.05) is 11.8 Å². The summed E-state index contributed by atoms with van der Waals surface area (Å²) < 4.78 is 0. The first kappa shape index (κ1) is 7.94. The van der Waals surface area contributed by atoms with Crippen LogP contribution in [0, 0.1) is 0 Å². The van der Waals surface area contributed by atoms with Crippen LogP contribution in [-0.2, 0) is 0 Å². The zero-order valence-electron chi connectivity index (χ0n) is 7.55. The van der Waals surface area contributed by atoms with Crippen molar-refractivity contribution in [3.63, 3.8) is 0 Å². The third kappa shape index (κ3) is 1.21. The fourth-order valence-corrected chi connectivity index (χ4v) is 3.10. The minimum absolute atomic E-state index is 0.0917. The third-order valence-electron chi connectivity index (χ3n) is 2.95. The van der Waals surface area contributed by atoms with E-state index < -0.39 is 0 Å². The van der Waals surface area contributed by atoms with Gasteiger partial charge in [0, 0.05) is 12.3 Å². The summed E-state index contributed by atoms with van der Waals surface area (Å²) in [6.45, 7) is 1.09. The highest BCUT2D eigenvalue weighted by Gasteiger charge is 2.40. The quantitative estimate of drug-likeness (QED) is 0.600. The maximum absolute atomic E-state index is 4.42. The number of hydrogen-bond acceptors (Lipinski definition) is 5. The highest BCUT2D eigenvalue weighted by Crippen LogP contribution is 2.31. The van der Waals surface area contributed by atoms with Gasteiger partial charge in [-0.3, -0.25) is 10.4 Å². The number of rotatable bonds is 0. The summed E-state index contributed by atoms with van der Waals surface area (Å²) in [4.78, 5) is 0. The van der Waals surface area contributed by atoms with Crippen LogP contribution in [0.1, 0.15) is 25.7 Å². The molecule has 2 fully saturated rings. The van der Waals surface area contributed by atoms with Gasteiger partial charge in [0.2, 0.25) is 0 Å². The van der Waals surface area contributed by atoms with Crippen LogP contribution in [0.25, 0.3) is 0 Å². The Labute approximate surface area is 82.1 Å². The van der Waals surface area contributed by atoms with Crippen molar-refractivity contribution in [2.24, 2.45) is 5.10 Å². The molecule has 1 saturated heterocycles. The first-order valence-electron chi connectivity index (χ1n) is 4.91. The van der Waals surface area contributed by atoms with Crippen LogP contribution >= 0.6 is 11.8 Å². The second-order valence-corrected chi connectivity index (χ2v) is 4.97. The summed E-state index contributed by atoms with van der Waals surface area (Å²) in [6.07, 6.45) is 5.02. The summed E-state index contributed by atoms with van der Waals surface area (Å²) in [5.74, 6) is 1.16. The van der Waals surface area contributed by atoms with Crippen LogP contribution in [0.4, 0.5) is 0 Å². The molecule has 1 spiro atoms. The third-order valence-corrected chi connectivity index (χ3v) is 3.91. The van der Waals surface area contributed by atoms with E-state index in [1.54, 1.807) is 0 Å². The number of nitrogens with one attached hydrogen (secondary N) is 2. The second-order valence-electron chi connectivity index (χ2n) is 3.91. The SMILES string of the molecule is C1CCC2(C1)NN=C1SCCN1N2. The molecule has 0 aromatic rings. The Balaban J connectivity index is 1.82. The van der Waals surface area contributed by atoms with Crippen molar-refractivity contribution in [1.82, 2.24) is 15.9 Å². The maximum atomic E-state index is 4.42. The largest absolute Gasteiger partial charge is 0.286 e. The van der Waals surface area contributed by atoms with Crippen molar-refractivity contribution in [2.45, 2.75) is 31.3 Å². The van der Waals surface area contributed by atoms with Gasteiger partial charge in [-0.2, -0.15) is 5.10 Å². The van der Waals surface area contributed by atoms with Crippen LogP contribution in [-0.4, -0.2) is 28.1 Å². The topological polar surface area (TPSA) is 39.7 Å². The zero-order chi connectivity index (χ0) is 8.73. The van der Waals surface area contributed by atoms with E-state index in [9.17, 15) is 0 Å². The van der Waals surface area contributed by atoms with Crippen molar-refractivity contribution < 1.29 is 0 Å².